The highest BCUT2D eigenvalue weighted by Gasteiger charge is 2.31. The van der Waals surface area contributed by atoms with Crippen LogP contribution < -0.4 is 5.32 Å². The van der Waals surface area contributed by atoms with Crippen LogP contribution in [0.15, 0.2) is 12.4 Å². The van der Waals surface area contributed by atoms with Gasteiger partial charge in [0.05, 0.1) is 19.3 Å². The van der Waals surface area contributed by atoms with E-state index in [2.05, 4.69) is 15.2 Å². The topological polar surface area (TPSA) is 42.3 Å². The second kappa shape index (κ2) is 6.15. The Labute approximate surface area is 116 Å². The quantitative estimate of drug-likeness (QED) is 0.884. The number of fused-ring (bicyclic) bond motifs is 1. The maximum Gasteiger partial charge on any atom is 0.319 e. The summed E-state index contributed by atoms with van der Waals surface area (Å²) < 4.78 is 32.0. The molecule has 0 aliphatic carbocycles. The third-order valence-electron chi connectivity index (χ3n) is 4.08. The number of halogens is 2. The zero-order valence-electron chi connectivity index (χ0n) is 11.3. The van der Waals surface area contributed by atoms with Crippen LogP contribution in [0.2, 0.25) is 0 Å². The van der Waals surface area contributed by atoms with E-state index in [4.69, 9.17) is 4.74 Å². The highest BCUT2D eigenvalue weighted by atomic mass is 19.3. The van der Waals surface area contributed by atoms with Crippen LogP contribution in [0.1, 0.15) is 25.2 Å². The number of ether oxygens (including phenoxy) is 1. The second-order valence-electron chi connectivity index (χ2n) is 5.41. The largest absolute Gasteiger partial charge is 0.374 e. The van der Waals surface area contributed by atoms with Crippen molar-refractivity contribution in [1.82, 2.24) is 19.8 Å². The molecule has 0 spiro atoms. The Morgan fingerprint density at radius 1 is 1.50 bits per heavy atom. The lowest BCUT2D eigenvalue weighted by Gasteiger charge is -2.35. The molecule has 0 amide bonds. The van der Waals surface area contributed by atoms with E-state index >= 15 is 0 Å². The van der Waals surface area contributed by atoms with Gasteiger partial charge in [-0.25, -0.2) is 4.98 Å². The zero-order valence-corrected chi connectivity index (χ0v) is 11.3. The predicted molar refractivity (Wildman–Crippen MR) is 69.5 cm³/mol. The van der Waals surface area contributed by atoms with Crippen LogP contribution in [0.5, 0.6) is 0 Å². The standard InChI is InChI=1S/C13H20F2N4O/c14-13(15)19-5-3-17-12(19)7-16-6-11-8-18-4-1-2-10(18)9-20-11/h3,5,10-11,13,16H,1-2,4,6-9H2. The molecule has 3 rings (SSSR count). The van der Waals surface area contributed by atoms with Crippen molar-refractivity contribution in [1.29, 1.82) is 0 Å². The van der Waals surface area contributed by atoms with Crippen molar-refractivity contribution in [2.24, 2.45) is 0 Å². The molecule has 2 atom stereocenters. The Hall–Kier alpha value is -1.05. The molecule has 0 bridgehead atoms. The summed E-state index contributed by atoms with van der Waals surface area (Å²) in [6, 6.07) is 0.587. The summed E-state index contributed by atoms with van der Waals surface area (Å²) in [6.45, 7) is 1.34. The number of rotatable bonds is 5. The monoisotopic (exact) mass is 286 g/mol. The number of hydrogen-bond acceptors (Lipinski definition) is 4. The molecule has 2 fully saturated rings. The average Bonchev–Trinajstić information content (AvgIpc) is 3.06. The van der Waals surface area contributed by atoms with Crippen LogP contribution in [-0.2, 0) is 11.3 Å². The zero-order chi connectivity index (χ0) is 13.9. The SMILES string of the molecule is FC(F)n1ccnc1CNCC1CN2CCCC2CO1. The molecule has 0 radical (unpaired) electrons. The third-order valence-corrected chi connectivity index (χ3v) is 4.08. The first-order valence-corrected chi connectivity index (χ1v) is 7.10. The number of morpholine rings is 1. The number of imidazole rings is 1. The van der Waals surface area contributed by atoms with Crippen molar-refractivity contribution < 1.29 is 13.5 Å². The number of nitrogens with one attached hydrogen (secondary N) is 1. The fourth-order valence-electron chi connectivity index (χ4n) is 3.01. The lowest BCUT2D eigenvalue weighted by Crippen LogP contribution is -2.49. The van der Waals surface area contributed by atoms with Crippen molar-refractivity contribution >= 4 is 0 Å². The van der Waals surface area contributed by atoms with E-state index < -0.39 is 6.55 Å². The van der Waals surface area contributed by atoms with Crippen LogP contribution in [-0.4, -0.2) is 52.8 Å². The molecule has 2 unspecified atom stereocenters. The van der Waals surface area contributed by atoms with Gasteiger partial charge in [-0.3, -0.25) is 9.47 Å². The maximum absolute atomic E-state index is 12.7. The minimum Gasteiger partial charge on any atom is -0.374 e. The molecule has 5 nitrogen and oxygen atoms in total. The smallest absolute Gasteiger partial charge is 0.319 e. The summed E-state index contributed by atoms with van der Waals surface area (Å²) in [5.74, 6) is 0.356. The van der Waals surface area contributed by atoms with E-state index in [9.17, 15) is 8.78 Å². The van der Waals surface area contributed by atoms with Gasteiger partial charge in [0.15, 0.2) is 0 Å². The molecule has 1 N–H and O–H groups in total. The van der Waals surface area contributed by atoms with Gasteiger partial charge in [-0.15, -0.1) is 0 Å². The maximum atomic E-state index is 12.7. The Kier molecular flexibility index (Phi) is 4.28. The molecule has 2 saturated heterocycles. The molecule has 112 valence electrons. The molecule has 0 saturated carbocycles. The van der Waals surface area contributed by atoms with E-state index in [1.165, 1.54) is 25.2 Å². The van der Waals surface area contributed by atoms with Gasteiger partial charge >= 0.3 is 6.55 Å². The Morgan fingerprint density at radius 2 is 2.40 bits per heavy atom. The molecule has 0 aromatic carbocycles. The van der Waals surface area contributed by atoms with E-state index in [-0.39, 0.29) is 6.10 Å². The third kappa shape index (κ3) is 2.99. The van der Waals surface area contributed by atoms with Gasteiger partial charge in [0.1, 0.15) is 5.82 Å². The van der Waals surface area contributed by atoms with E-state index in [0.29, 0.717) is 25.0 Å². The lowest BCUT2D eigenvalue weighted by molar-refractivity contribution is -0.0471. The summed E-state index contributed by atoms with van der Waals surface area (Å²) in [7, 11) is 0. The van der Waals surface area contributed by atoms with Crippen molar-refractivity contribution in [2.45, 2.75) is 38.1 Å². The van der Waals surface area contributed by atoms with E-state index in [0.717, 1.165) is 24.3 Å². The minimum atomic E-state index is -2.54. The summed E-state index contributed by atoms with van der Waals surface area (Å²) in [5, 5.41) is 3.16. The predicted octanol–water partition coefficient (Wildman–Crippen LogP) is 1.23. The summed E-state index contributed by atoms with van der Waals surface area (Å²) in [6.07, 6.45) is 5.31. The molecule has 7 heteroatoms. The molecule has 2 aliphatic heterocycles. The molecular formula is C13H20F2N4O. The van der Waals surface area contributed by atoms with Crippen LogP contribution in [0.25, 0.3) is 0 Å². The lowest BCUT2D eigenvalue weighted by atomic mass is 10.2. The van der Waals surface area contributed by atoms with Gasteiger partial charge in [-0.2, -0.15) is 8.78 Å². The van der Waals surface area contributed by atoms with E-state index in [1.54, 1.807) is 0 Å². The Balaban J connectivity index is 1.44. The molecule has 2 aliphatic rings. The van der Waals surface area contributed by atoms with Gasteiger partial charge in [0, 0.05) is 31.5 Å². The molecular weight excluding hydrogens is 266 g/mol. The van der Waals surface area contributed by atoms with Crippen molar-refractivity contribution in [3.05, 3.63) is 18.2 Å². The van der Waals surface area contributed by atoms with Crippen LogP contribution in [0.4, 0.5) is 8.78 Å². The first-order valence-electron chi connectivity index (χ1n) is 7.10. The molecule has 1 aromatic rings. The fraction of sp³-hybridized carbons (Fsp3) is 0.769. The summed E-state index contributed by atoms with van der Waals surface area (Å²) >= 11 is 0. The number of alkyl halides is 2. The fourth-order valence-corrected chi connectivity index (χ4v) is 3.01. The van der Waals surface area contributed by atoms with Gasteiger partial charge in [0.2, 0.25) is 0 Å². The van der Waals surface area contributed by atoms with Gasteiger partial charge < -0.3 is 10.1 Å². The highest BCUT2D eigenvalue weighted by Crippen LogP contribution is 2.22. The average molecular weight is 286 g/mol. The highest BCUT2D eigenvalue weighted by molar-refractivity contribution is 4.93. The van der Waals surface area contributed by atoms with Crippen molar-refractivity contribution in [3.8, 4) is 0 Å². The minimum absolute atomic E-state index is 0.138. The van der Waals surface area contributed by atoms with Gasteiger partial charge in [-0.1, -0.05) is 0 Å². The van der Waals surface area contributed by atoms with E-state index in [1.807, 2.05) is 0 Å². The van der Waals surface area contributed by atoms with Crippen LogP contribution in [0.3, 0.4) is 0 Å². The number of nitrogens with zero attached hydrogens (tertiary/aromatic N) is 3. The Morgan fingerprint density at radius 3 is 3.25 bits per heavy atom. The van der Waals surface area contributed by atoms with Gasteiger partial charge in [-0.05, 0) is 19.4 Å². The first kappa shape index (κ1) is 13.9. The summed E-state index contributed by atoms with van der Waals surface area (Å²) in [5.41, 5.74) is 0. The molecule has 20 heavy (non-hydrogen) atoms. The number of aromatic nitrogens is 2. The molecule has 3 heterocycles. The van der Waals surface area contributed by atoms with Crippen molar-refractivity contribution in [2.75, 3.05) is 26.2 Å². The van der Waals surface area contributed by atoms with Crippen LogP contribution in [0, 0.1) is 0 Å². The Bertz CT molecular complexity index is 440. The molecule has 1 aromatic heterocycles. The van der Waals surface area contributed by atoms with Crippen LogP contribution >= 0.6 is 0 Å². The summed E-state index contributed by atoms with van der Waals surface area (Å²) in [4.78, 5) is 6.41. The first-order chi connectivity index (χ1) is 9.74. The number of hydrogen-bond donors (Lipinski definition) is 1. The second-order valence-corrected chi connectivity index (χ2v) is 5.41. The van der Waals surface area contributed by atoms with Gasteiger partial charge in [0.25, 0.3) is 0 Å². The normalized spacial score (nSPS) is 27.1. The van der Waals surface area contributed by atoms with Crippen molar-refractivity contribution in [3.63, 3.8) is 0 Å².